The van der Waals surface area contributed by atoms with Gasteiger partial charge >= 0.3 is 5.97 Å². The van der Waals surface area contributed by atoms with Gasteiger partial charge in [0.25, 0.3) is 0 Å². The zero-order valence-electron chi connectivity index (χ0n) is 10.7. The molecule has 0 fully saturated rings. The number of benzene rings is 2. The molecule has 2 rings (SSSR count). The van der Waals surface area contributed by atoms with Crippen molar-refractivity contribution in [2.45, 2.75) is 13.0 Å². The second-order valence-electron chi connectivity index (χ2n) is 4.04. The minimum atomic E-state index is -0.529. The maximum Gasteiger partial charge on any atom is 0.304 e. The van der Waals surface area contributed by atoms with E-state index in [0.29, 0.717) is 0 Å². The van der Waals surface area contributed by atoms with Crippen molar-refractivity contribution < 1.29 is 9.53 Å². The van der Waals surface area contributed by atoms with Gasteiger partial charge in [0.1, 0.15) is 0 Å². The van der Waals surface area contributed by atoms with Crippen LogP contribution < -0.4 is 0 Å². The molecule has 94 valence electrons. The Morgan fingerprint density at radius 2 is 1.58 bits per heavy atom. The van der Waals surface area contributed by atoms with Crippen LogP contribution >= 0.6 is 0 Å². The summed E-state index contributed by atoms with van der Waals surface area (Å²) in [5, 5.41) is 0. The van der Waals surface area contributed by atoms with E-state index in [9.17, 15) is 4.79 Å². The molecule has 0 aliphatic heterocycles. The Morgan fingerprint density at radius 1 is 1.00 bits per heavy atom. The molecule has 0 aromatic heterocycles. The van der Waals surface area contributed by atoms with Crippen LogP contribution in [-0.2, 0) is 9.53 Å². The molecule has 0 radical (unpaired) electrons. The molecule has 2 heteroatoms. The Labute approximate surface area is 113 Å². The van der Waals surface area contributed by atoms with E-state index in [4.69, 9.17) is 4.74 Å². The van der Waals surface area contributed by atoms with Gasteiger partial charge in [-0.1, -0.05) is 54.5 Å². The molecular formula is C17H14O2. The third-order valence-corrected chi connectivity index (χ3v) is 2.51. The fourth-order valence-corrected chi connectivity index (χ4v) is 1.64. The van der Waals surface area contributed by atoms with Gasteiger partial charge in [-0.05, 0) is 18.1 Å². The summed E-state index contributed by atoms with van der Waals surface area (Å²) in [6.45, 7) is 1.39. The molecule has 0 aliphatic rings. The summed E-state index contributed by atoms with van der Waals surface area (Å²) in [7, 11) is 0. The predicted octanol–water partition coefficient (Wildman–Crippen LogP) is 3.34. The summed E-state index contributed by atoms with van der Waals surface area (Å²) in [5.41, 5.74) is 1.77. The van der Waals surface area contributed by atoms with Crippen molar-refractivity contribution in [3.8, 4) is 11.8 Å². The Balaban J connectivity index is 2.25. The third kappa shape index (κ3) is 4.01. The first kappa shape index (κ1) is 12.9. The lowest BCUT2D eigenvalue weighted by Gasteiger charge is -2.10. The highest BCUT2D eigenvalue weighted by Crippen LogP contribution is 2.16. The summed E-state index contributed by atoms with van der Waals surface area (Å²) in [5.74, 6) is 5.68. The van der Waals surface area contributed by atoms with Crippen LogP contribution in [0.1, 0.15) is 24.2 Å². The number of ether oxygens (including phenoxy) is 1. The Kier molecular flexibility index (Phi) is 4.36. The first-order valence-corrected chi connectivity index (χ1v) is 6.04. The van der Waals surface area contributed by atoms with Gasteiger partial charge in [0.2, 0.25) is 0 Å². The van der Waals surface area contributed by atoms with Gasteiger partial charge in [-0.25, -0.2) is 0 Å². The molecule has 0 spiro atoms. The number of esters is 1. The van der Waals surface area contributed by atoms with Crippen LogP contribution in [0.15, 0.2) is 60.7 Å². The molecular weight excluding hydrogens is 236 g/mol. The van der Waals surface area contributed by atoms with Gasteiger partial charge in [0.15, 0.2) is 6.10 Å². The van der Waals surface area contributed by atoms with Crippen LogP contribution in [0.3, 0.4) is 0 Å². The molecule has 0 saturated carbocycles. The van der Waals surface area contributed by atoms with Crippen LogP contribution in [-0.4, -0.2) is 5.97 Å². The van der Waals surface area contributed by atoms with E-state index in [2.05, 4.69) is 11.8 Å². The van der Waals surface area contributed by atoms with Crippen LogP contribution in [0.4, 0.5) is 0 Å². The first-order chi connectivity index (χ1) is 9.25. The number of carbonyl (C=O) groups is 1. The topological polar surface area (TPSA) is 26.3 Å². The molecule has 0 unspecified atom stereocenters. The fourth-order valence-electron chi connectivity index (χ4n) is 1.64. The second kappa shape index (κ2) is 6.42. The summed E-state index contributed by atoms with van der Waals surface area (Å²) >= 11 is 0. The molecule has 0 bridgehead atoms. The smallest absolute Gasteiger partial charge is 0.304 e. The highest BCUT2D eigenvalue weighted by molar-refractivity contribution is 5.66. The maximum atomic E-state index is 11.1. The first-order valence-electron chi connectivity index (χ1n) is 6.04. The van der Waals surface area contributed by atoms with Crippen molar-refractivity contribution in [3.05, 3.63) is 71.8 Å². The predicted molar refractivity (Wildman–Crippen MR) is 74.3 cm³/mol. The molecule has 2 aromatic carbocycles. The lowest BCUT2D eigenvalue weighted by atomic mass is 10.1. The molecule has 1 atom stereocenters. The average Bonchev–Trinajstić information content (AvgIpc) is 2.45. The molecule has 0 heterocycles. The molecule has 0 N–H and O–H groups in total. The molecule has 0 saturated heterocycles. The van der Waals surface area contributed by atoms with Crippen molar-refractivity contribution in [2.24, 2.45) is 0 Å². The zero-order valence-corrected chi connectivity index (χ0v) is 10.7. The van der Waals surface area contributed by atoms with E-state index in [1.54, 1.807) is 0 Å². The number of hydrogen-bond acceptors (Lipinski definition) is 2. The van der Waals surface area contributed by atoms with Crippen molar-refractivity contribution >= 4 is 5.97 Å². The quantitative estimate of drug-likeness (QED) is 0.603. The van der Waals surface area contributed by atoms with E-state index in [-0.39, 0.29) is 5.97 Å². The average molecular weight is 250 g/mol. The lowest BCUT2D eigenvalue weighted by Crippen LogP contribution is -2.06. The number of rotatable bonds is 2. The van der Waals surface area contributed by atoms with Gasteiger partial charge in [-0.2, -0.15) is 0 Å². The highest BCUT2D eigenvalue weighted by atomic mass is 16.5. The summed E-state index contributed by atoms with van der Waals surface area (Å²) in [6.07, 6.45) is -0.529. The molecule has 0 amide bonds. The van der Waals surface area contributed by atoms with E-state index in [1.807, 2.05) is 60.7 Å². The largest absolute Gasteiger partial charge is 0.444 e. The minimum absolute atomic E-state index is 0.337. The van der Waals surface area contributed by atoms with Gasteiger partial charge < -0.3 is 4.74 Å². The Morgan fingerprint density at radius 3 is 2.16 bits per heavy atom. The van der Waals surface area contributed by atoms with E-state index < -0.39 is 6.10 Å². The monoisotopic (exact) mass is 250 g/mol. The van der Waals surface area contributed by atoms with Gasteiger partial charge in [-0.3, -0.25) is 4.79 Å². The molecule has 19 heavy (non-hydrogen) atoms. The van der Waals surface area contributed by atoms with Gasteiger partial charge in [0, 0.05) is 18.1 Å². The van der Waals surface area contributed by atoms with Crippen molar-refractivity contribution in [1.82, 2.24) is 0 Å². The maximum absolute atomic E-state index is 11.1. The van der Waals surface area contributed by atoms with Gasteiger partial charge in [-0.15, -0.1) is 0 Å². The number of carbonyl (C=O) groups excluding carboxylic acids is 1. The van der Waals surface area contributed by atoms with Crippen molar-refractivity contribution in [1.29, 1.82) is 0 Å². The fraction of sp³-hybridized carbons (Fsp3) is 0.118. The van der Waals surface area contributed by atoms with Crippen LogP contribution in [0.2, 0.25) is 0 Å². The van der Waals surface area contributed by atoms with Crippen LogP contribution in [0.5, 0.6) is 0 Å². The highest BCUT2D eigenvalue weighted by Gasteiger charge is 2.10. The van der Waals surface area contributed by atoms with Crippen LogP contribution in [0, 0.1) is 11.8 Å². The third-order valence-electron chi connectivity index (χ3n) is 2.51. The SMILES string of the molecule is CC(=O)O[C@H](C#Cc1ccccc1)c1ccccc1. The molecule has 0 aliphatic carbocycles. The van der Waals surface area contributed by atoms with E-state index in [1.165, 1.54) is 6.92 Å². The lowest BCUT2D eigenvalue weighted by molar-refractivity contribution is -0.144. The van der Waals surface area contributed by atoms with Crippen LogP contribution in [0.25, 0.3) is 0 Å². The molecule has 2 aromatic rings. The summed E-state index contributed by atoms with van der Waals surface area (Å²) in [4.78, 5) is 11.1. The summed E-state index contributed by atoms with van der Waals surface area (Å²) in [6, 6.07) is 19.1. The van der Waals surface area contributed by atoms with E-state index in [0.717, 1.165) is 11.1 Å². The van der Waals surface area contributed by atoms with Crippen molar-refractivity contribution in [2.75, 3.05) is 0 Å². The Hall–Kier alpha value is -2.53. The van der Waals surface area contributed by atoms with Gasteiger partial charge in [0.05, 0.1) is 0 Å². The minimum Gasteiger partial charge on any atom is -0.444 e. The Bertz CT molecular complexity index is 591. The zero-order chi connectivity index (χ0) is 13.5. The second-order valence-corrected chi connectivity index (χ2v) is 4.04. The van der Waals surface area contributed by atoms with Crippen molar-refractivity contribution in [3.63, 3.8) is 0 Å². The normalized spacial score (nSPS) is 11.0. The molecule has 2 nitrogen and oxygen atoms in total. The summed E-state index contributed by atoms with van der Waals surface area (Å²) < 4.78 is 5.25. The number of hydrogen-bond donors (Lipinski definition) is 0. The standard InChI is InChI=1S/C17H14O2/c1-14(18)19-17(16-10-6-3-7-11-16)13-12-15-8-4-2-5-9-15/h2-11,17H,1H3/t17-/m1/s1. The van der Waals surface area contributed by atoms with E-state index >= 15 is 0 Å².